The lowest BCUT2D eigenvalue weighted by Crippen LogP contribution is -2.36. The molecule has 24 heavy (non-hydrogen) atoms. The number of rotatable bonds is 5. The highest BCUT2D eigenvalue weighted by Gasteiger charge is 2.32. The Bertz CT molecular complexity index is 709. The molecule has 0 N–H and O–H groups in total. The smallest absolute Gasteiger partial charge is 0.224 e. The lowest BCUT2D eigenvalue weighted by Gasteiger charge is -2.36. The summed E-state index contributed by atoms with van der Waals surface area (Å²) in [7, 11) is 3.28. The molecule has 2 aromatic rings. The van der Waals surface area contributed by atoms with Crippen molar-refractivity contribution in [1.29, 1.82) is 0 Å². The van der Waals surface area contributed by atoms with E-state index in [1.54, 1.807) is 38.4 Å². The summed E-state index contributed by atoms with van der Waals surface area (Å²) in [6.07, 6.45) is 4.08. The van der Waals surface area contributed by atoms with E-state index < -0.39 is 0 Å². The van der Waals surface area contributed by atoms with Crippen molar-refractivity contribution >= 4 is 17.7 Å². The van der Waals surface area contributed by atoms with Gasteiger partial charge in [-0.15, -0.1) is 11.8 Å². The summed E-state index contributed by atoms with van der Waals surface area (Å²) < 4.78 is 10.9. The number of hydrogen-bond donors (Lipinski definition) is 0. The van der Waals surface area contributed by atoms with Crippen LogP contribution in [0.5, 0.6) is 11.5 Å². The Labute approximate surface area is 146 Å². The number of carbonyl (C=O) groups is 1. The van der Waals surface area contributed by atoms with Gasteiger partial charge in [-0.3, -0.25) is 9.78 Å². The highest BCUT2D eigenvalue weighted by molar-refractivity contribution is 7.99. The van der Waals surface area contributed by atoms with Crippen LogP contribution < -0.4 is 9.47 Å². The second-order valence-electron chi connectivity index (χ2n) is 5.46. The molecule has 1 amide bonds. The molecule has 0 radical (unpaired) electrons. The zero-order valence-electron chi connectivity index (χ0n) is 13.8. The van der Waals surface area contributed by atoms with Crippen LogP contribution in [0, 0.1) is 0 Å². The minimum Gasteiger partial charge on any atom is -0.497 e. The minimum atomic E-state index is -0.100. The van der Waals surface area contributed by atoms with E-state index in [0.29, 0.717) is 13.0 Å². The third kappa shape index (κ3) is 3.48. The first kappa shape index (κ1) is 16.6. The van der Waals surface area contributed by atoms with E-state index in [1.807, 2.05) is 35.2 Å². The Morgan fingerprint density at radius 3 is 2.88 bits per heavy atom. The Morgan fingerprint density at radius 2 is 2.17 bits per heavy atom. The fourth-order valence-electron chi connectivity index (χ4n) is 2.77. The van der Waals surface area contributed by atoms with Gasteiger partial charge >= 0.3 is 0 Å². The monoisotopic (exact) mass is 344 g/mol. The normalized spacial score (nSPS) is 17.7. The average Bonchev–Trinajstić information content (AvgIpc) is 2.63. The number of methoxy groups -OCH3 is 2. The minimum absolute atomic E-state index is 0.100. The molecule has 1 atom stereocenters. The number of pyridine rings is 1. The van der Waals surface area contributed by atoms with E-state index in [9.17, 15) is 4.79 Å². The van der Waals surface area contributed by atoms with Crippen molar-refractivity contribution in [3.8, 4) is 11.5 Å². The second kappa shape index (κ2) is 7.57. The molecular formula is C18H20N2O3S. The number of benzene rings is 1. The van der Waals surface area contributed by atoms with Crippen LogP contribution >= 0.6 is 11.8 Å². The lowest BCUT2D eigenvalue weighted by molar-refractivity contribution is -0.132. The molecule has 0 spiro atoms. The maximum Gasteiger partial charge on any atom is 0.224 e. The Hall–Kier alpha value is -2.21. The molecule has 1 fully saturated rings. The van der Waals surface area contributed by atoms with Crippen LogP contribution in [-0.4, -0.2) is 35.8 Å². The quantitative estimate of drug-likeness (QED) is 0.833. The predicted molar refractivity (Wildman–Crippen MR) is 94.1 cm³/mol. The van der Waals surface area contributed by atoms with Crippen molar-refractivity contribution < 1.29 is 14.3 Å². The second-order valence-corrected chi connectivity index (χ2v) is 6.65. The summed E-state index contributed by atoms with van der Waals surface area (Å²) in [5.41, 5.74) is 1.97. The van der Waals surface area contributed by atoms with Gasteiger partial charge in [0.1, 0.15) is 16.9 Å². The molecule has 1 aromatic carbocycles. The van der Waals surface area contributed by atoms with Gasteiger partial charge in [0.05, 0.1) is 14.2 Å². The molecule has 6 heteroatoms. The molecule has 0 saturated carbocycles. The largest absolute Gasteiger partial charge is 0.497 e. The third-order valence-corrected chi connectivity index (χ3v) is 5.24. The van der Waals surface area contributed by atoms with E-state index in [1.165, 1.54) is 0 Å². The molecule has 0 aliphatic carbocycles. The Morgan fingerprint density at radius 1 is 1.29 bits per heavy atom. The SMILES string of the molecule is COc1ccc(OC)c(C2SCCC(=O)N2Cc2cccnc2)c1. The van der Waals surface area contributed by atoms with Gasteiger partial charge < -0.3 is 14.4 Å². The topological polar surface area (TPSA) is 51.7 Å². The van der Waals surface area contributed by atoms with Gasteiger partial charge in [0.2, 0.25) is 5.91 Å². The highest BCUT2D eigenvalue weighted by Crippen LogP contribution is 2.43. The summed E-state index contributed by atoms with van der Waals surface area (Å²) in [6.45, 7) is 0.532. The molecule has 126 valence electrons. The first-order chi connectivity index (χ1) is 11.7. The number of thioether (sulfide) groups is 1. The first-order valence-electron chi connectivity index (χ1n) is 7.75. The number of amides is 1. The molecule has 1 aromatic heterocycles. The van der Waals surface area contributed by atoms with Crippen LogP contribution in [0.4, 0.5) is 0 Å². The zero-order chi connectivity index (χ0) is 16.9. The van der Waals surface area contributed by atoms with Crippen molar-refractivity contribution in [2.45, 2.75) is 18.3 Å². The number of ether oxygens (including phenoxy) is 2. The summed E-state index contributed by atoms with van der Waals surface area (Å²) in [6, 6.07) is 9.57. The maximum absolute atomic E-state index is 12.6. The van der Waals surface area contributed by atoms with E-state index in [4.69, 9.17) is 9.47 Å². The molecule has 0 bridgehead atoms. The van der Waals surface area contributed by atoms with Gasteiger partial charge in [-0.05, 0) is 29.8 Å². The van der Waals surface area contributed by atoms with Gasteiger partial charge in [0, 0.05) is 36.7 Å². The molecule has 1 unspecified atom stereocenters. The Balaban J connectivity index is 1.95. The summed E-state index contributed by atoms with van der Waals surface area (Å²) in [5, 5.41) is -0.100. The molecule has 3 rings (SSSR count). The van der Waals surface area contributed by atoms with Gasteiger partial charge in [0.25, 0.3) is 0 Å². The van der Waals surface area contributed by atoms with Crippen molar-refractivity contribution in [1.82, 2.24) is 9.88 Å². The fourth-order valence-corrected chi connectivity index (χ4v) is 4.02. The molecule has 1 aliphatic heterocycles. The van der Waals surface area contributed by atoms with Crippen LogP contribution in [0.15, 0.2) is 42.7 Å². The summed E-state index contributed by atoms with van der Waals surface area (Å²) in [5.74, 6) is 2.46. The first-order valence-corrected chi connectivity index (χ1v) is 8.79. The number of nitrogens with zero attached hydrogens (tertiary/aromatic N) is 2. The van der Waals surface area contributed by atoms with E-state index >= 15 is 0 Å². The van der Waals surface area contributed by atoms with Crippen LogP contribution in [0.3, 0.4) is 0 Å². The number of hydrogen-bond acceptors (Lipinski definition) is 5. The van der Waals surface area contributed by atoms with Crippen molar-refractivity contribution in [3.63, 3.8) is 0 Å². The standard InChI is InChI=1S/C18H20N2O3S/c1-22-14-5-6-16(23-2)15(10-14)18-20(17(21)7-9-24-18)12-13-4-3-8-19-11-13/h3-6,8,10-11,18H,7,9,12H2,1-2H3. The van der Waals surface area contributed by atoms with Crippen molar-refractivity contribution in [2.24, 2.45) is 0 Å². The maximum atomic E-state index is 12.6. The van der Waals surface area contributed by atoms with Crippen molar-refractivity contribution in [3.05, 3.63) is 53.9 Å². The van der Waals surface area contributed by atoms with Crippen LogP contribution in [0.25, 0.3) is 0 Å². The van der Waals surface area contributed by atoms with Crippen LogP contribution in [-0.2, 0) is 11.3 Å². The van der Waals surface area contributed by atoms with Gasteiger partial charge in [-0.1, -0.05) is 6.07 Å². The van der Waals surface area contributed by atoms with E-state index in [0.717, 1.165) is 28.4 Å². The molecule has 1 aliphatic rings. The molecule has 2 heterocycles. The summed E-state index contributed by atoms with van der Waals surface area (Å²) >= 11 is 1.75. The molecular weight excluding hydrogens is 324 g/mol. The van der Waals surface area contributed by atoms with Crippen molar-refractivity contribution in [2.75, 3.05) is 20.0 Å². The fraction of sp³-hybridized carbons (Fsp3) is 0.333. The van der Waals surface area contributed by atoms with E-state index in [-0.39, 0.29) is 11.3 Å². The lowest BCUT2D eigenvalue weighted by atomic mass is 10.1. The van der Waals surface area contributed by atoms with E-state index in [2.05, 4.69) is 4.98 Å². The van der Waals surface area contributed by atoms with Crippen LogP contribution in [0.1, 0.15) is 22.9 Å². The van der Waals surface area contributed by atoms with Gasteiger partial charge in [-0.2, -0.15) is 0 Å². The Kier molecular flexibility index (Phi) is 5.25. The number of carbonyl (C=O) groups excluding carboxylic acids is 1. The predicted octanol–water partition coefficient (Wildman–Crippen LogP) is 3.26. The molecule has 5 nitrogen and oxygen atoms in total. The summed E-state index contributed by atoms with van der Waals surface area (Å²) in [4.78, 5) is 18.6. The third-order valence-electron chi connectivity index (χ3n) is 3.97. The van der Waals surface area contributed by atoms with Crippen LogP contribution in [0.2, 0.25) is 0 Å². The molecule has 1 saturated heterocycles. The highest BCUT2D eigenvalue weighted by atomic mass is 32.2. The number of aromatic nitrogens is 1. The van der Waals surface area contributed by atoms with Gasteiger partial charge in [-0.25, -0.2) is 0 Å². The average molecular weight is 344 g/mol. The van der Waals surface area contributed by atoms with Gasteiger partial charge in [0.15, 0.2) is 0 Å². The zero-order valence-corrected chi connectivity index (χ0v) is 14.6.